The molecule has 0 atom stereocenters. The molecule has 0 saturated carbocycles. The minimum absolute atomic E-state index is 0.0874. The fourth-order valence-electron chi connectivity index (χ4n) is 2.55. The smallest absolute Gasteiger partial charge is 0.238 e. The summed E-state index contributed by atoms with van der Waals surface area (Å²) in [6.07, 6.45) is 1.57. The molecule has 0 aliphatic carbocycles. The maximum absolute atomic E-state index is 11.4. The Kier molecular flexibility index (Phi) is 6.76. The molecule has 0 amide bonds. The number of aromatic nitrogens is 1. The summed E-state index contributed by atoms with van der Waals surface area (Å²) in [7, 11) is -2.04. The molecule has 9 heteroatoms. The van der Waals surface area contributed by atoms with Gasteiger partial charge in [-0.05, 0) is 24.1 Å². The van der Waals surface area contributed by atoms with E-state index in [4.69, 9.17) is 9.66 Å². The van der Waals surface area contributed by atoms with Gasteiger partial charge in [0.2, 0.25) is 10.0 Å². The monoisotopic (exact) mass is 379 g/mol. The Morgan fingerprint density at radius 3 is 2.58 bits per heavy atom. The number of primary sulfonamides is 1. The molecule has 0 saturated heterocycles. The quantitative estimate of drug-likeness (QED) is 0.492. The van der Waals surface area contributed by atoms with Crippen molar-refractivity contribution < 1.29 is 12.9 Å². The second kappa shape index (κ2) is 8.81. The van der Waals surface area contributed by atoms with Gasteiger partial charge in [-0.15, -0.1) is 0 Å². The van der Waals surface area contributed by atoms with E-state index < -0.39 is 10.0 Å². The predicted molar refractivity (Wildman–Crippen MR) is 100 cm³/mol. The molecule has 0 unspecified atom stereocenters. The Morgan fingerprint density at radius 1 is 1.23 bits per heavy atom. The molecular weight excluding hydrogens is 354 g/mol. The standard InChI is InChI=1S/C17H25N5O3S/c1-4-15-14(16(5-2)25-22-15)11-21-17(19-3)20-10-12-7-6-8-13(9-12)26(18,23)24/h6-9H,4-5,10-11H2,1-3H3,(H2,18,23,24)(H2,19,20,21). The first-order valence-electron chi connectivity index (χ1n) is 8.41. The SMILES string of the molecule is CCc1noc(CC)c1CNC(=NC)NCc1cccc(S(N)(=O)=O)c1. The van der Waals surface area contributed by atoms with Gasteiger partial charge in [-0.1, -0.05) is 31.1 Å². The van der Waals surface area contributed by atoms with E-state index in [1.165, 1.54) is 6.07 Å². The van der Waals surface area contributed by atoms with Gasteiger partial charge in [-0.3, -0.25) is 4.99 Å². The number of nitrogens with two attached hydrogens (primary N) is 1. The number of sulfonamides is 1. The summed E-state index contributed by atoms with van der Waals surface area (Å²) >= 11 is 0. The van der Waals surface area contributed by atoms with Crippen LogP contribution in [-0.4, -0.2) is 26.6 Å². The van der Waals surface area contributed by atoms with Gasteiger partial charge in [0.05, 0.1) is 10.6 Å². The molecular formula is C17H25N5O3S. The van der Waals surface area contributed by atoms with Crippen molar-refractivity contribution in [1.82, 2.24) is 15.8 Å². The number of nitrogens with zero attached hydrogens (tertiary/aromatic N) is 2. The minimum atomic E-state index is -3.72. The Labute approximate surface area is 153 Å². The third-order valence-corrected chi connectivity index (χ3v) is 4.86. The molecule has 0 aliphatic heterocycles. The van der Waals surface area contributed by atoms with Crippen LogP contribution in [0.25, 0.3) is 0 Å². The molecule has 142 valence electrons. The second-order valence-corrected chi connectivity index (χ2v) is 7.27. The van der Waals surface area contributed by atoms with E-state index in [0.29, 0.717) is 19.0 Å². The number of hydrogen-bond acceptors (Lipinski definition) is 5. The molecule has 1 heterocycles. The molecule has 2 aromatic rings. The van der Waals surface area contributed by atoms with Gasteiger partial charge >= 0.3 is 0 Å². The van der Waals surface area contributed by atoms with Crippen molar-refractivity contribution >= 4 is 16.0 Å². The lowest BCUT2D eigenvalue weighted by atomic mass is 10.1. The predicted octanol–water partition coefficient (Wildman–Crippen LogP) is 1.31. The molecule has 26 heavy (non-hydrogen) atoms. The van der Waals surface area contributed by atoms with Gasteiger partial charge in [0.25, 0.3) is 0 Å². The first-order valence-corrected chi connectivity index (χ1v) is 9.96. The third-order valence-electron chi connectivity index (χ3n) is 3.95. The Bertz CT molecular complexity index is 853. The summed E-state index contributed by atoms with van der Waals surface area (Å²) < 4.78 is 28.2. The topological polar surface area (TPSA) is 123 Å². The van der Waals surface area contributed by atoms with Crippen molar-refractivity contribution in [1.29, 1.82) is 0 Å². The van der Waals surface area contributed by atoms with Crippen molar-refractivity contribution in [3.63, 3.8) is 0 Å². The maximum Gasteiger partial charge on any atom is 0.238 e. The highest BCUT2D eigenvalue weighted by atomic mass is 32.2. The number of aryl methyl sites for hydroxylation is 2. The maximum atomic E-state index is 11.4. The third kappa shape index (κ3) is 5.06. The lowest BCUT2D eigenvalue weighted by Crippen LogP contribution is -2.36. The van der Waals surface area contributed by atoms with E-state index in [1.807, 2.05) is 19.9 Å². The molecule has 0 bridgehead atoms. The molecule has 0 fully saturated rings. The van der Waals surface area contributed by atoms with Gasteiger partial charge in [-0.2, -0.15) is 0 Å². The molecule has 1 aromatic carbocycles. The van der Waals surface area contributed by atoms with Crippen LogP contribution in [0.2, 0.25) is 0 Å². The van der Waals surface area contributed by atoms with E-state index in [2.05, 4.69) is 20.8 Å². The number of guanidine groups is 1. The highest BCUT2D eigenvalue weighted by Crippen LogP contribution is 2.15. The fourth-order valence-corrected chi connectivity index (χ4v) is 3.13. The number of hydrogen-bond donors (Lipinski definition) is 3. The lowest BCUT2D eigenvalue weighted by Gasteiger charge is -2.12. The van der Waals surface area contributed by atoms with E-state index in [-0.39, 0.29) is 4.90 Å². The Morgan fingerprint density at radius 2 is 1.96 bits per heavy atom. The van der Waals surface area contributed by atoms with Gasteiger partial charge in [0.1, 0.15) is 5.76 Å². The normalized spacial score (nSPS) is 12.2. The zero-order valence-corrected chi connectivity index (χ0v) is 16.1. The van der Waals surface area contributed by atoms with Crippen LogP contribution in [0.3, 0.4) is 0 Å². The Balaban J connectivity index is 2.00. The van der Waals surface area contributed by atoms with E-state index >= 15 is 0 Å². The molecule has 8 nitrogen and oxygen atoms in total. The number of rotatable bonds is 7. The molecule has 0 spiro atoms. The number of aliphatic imine (C=N–C) groups is 1. The number of nitrogens with one attached hydrogen (secondary N) is 2. The Hall–Kier alpha value is -2.39. The van der Waals surface area contributed by atoms with E-state index in [0.717, 1.165) is 35.4 Å². The zero-order chi connectivity index (χ0) is 19.2. The fraction of sp³-hybridized carbons (Fsp3) is 0.412. The van der Waals surface area contributed by atoms with Crippen LogP contribution in [-0.2, 0) is 36.0 Å². The largest absolute Gasteiger partial charge is 0.361 e. The average Bonchev–Trinajstić information content (AvgIpc) is 3.03. The van der Waals surface area contributed by atoms with E-state index in [9.17, 15) is 8.42 Å². The van der Waals surface area contributed by atoms with Gasteiger partial charge < -0.3 is 15.2 Å². The summed E-state index contributed by atoms with van der Waals surface area (Å²) in [5.74, 6) is 1.46. The van der Waals surface area contributed by atoms with E-state index in [1.54, 1.807) is 19.2 Å². The van der Waals surface area contributed by atoms with Gasteiger partial charge in [0, 0.05) is 32.1 Å². The van der Waals surface area contributed by atoms with Gasteiger partial charge in [0.15, 0.2) is 5.96 Å². The highest BCUT2D eigenvalue weighted by molar-refractivity contribution is 7.89. The zero-order valence-electron chi connectivity index (χ0n) is 15.2. The van der Waals surface area contributed by atoms with Crippen LogP contribution in [0.5, 0.6) is 0 Å². The van der Waals surface area contributed by atoms with Crippen LogP contribution in [0.4, 0.5) is 0 Å². The van der Waals surface area contributed by atoms with Crippen molar-refractivity contribution in [2.24, 2.45) is 10.1 Å². The molecule has 1 aromatic heterocycles. The summed E-state index contributed by atoms with van der Waals surface area (Å²) in [6, 6.07) is 6.49. The van der Waals surface area contributed by atoms with Crippen LogP contribution in [0, 0.1) is 0 Å². The van der Waals surface area contributed by atoms with Crippen LogP contribution in [0.15, 0.2) is 38.7 Å². The summed E-state index contributed by atoms with van der Waals surface area (Å²) in [4.78, 5) is 4.27. The first-order chi connectivity index (χ1) is 12.4. The van der Waals surface area contributed by atoms with Gasteiger partial charge in [-0.25, -0.2) is 13.6 Å². The second-order valence-electron chi connectivity index (χ2n) is 5.71. The average molecular weight is 379 g/mol. The molecule has 4 N–H and O–H groups in total. The van der Waals surface area contributed by atoms with Crippen LogP contribution < -0.4 is 15.8 Å². The number of benzene rings is 1. The molecule has 0 radical (unpaired) electrons. The van der Waals surface area contributed by atoms with Crippen molar-refractivity contribution in [2.75, 3.05) is 7.05 Å². The molecule has 2 rings (SSSR count). The van der Waals surface area contributed by atoms with Crippen LogP contribution in [0.1, 0.15) is 36.4 Å². The van der Waals surface area contributed by atoms with Crippen molar-refractivity contribution in [2.45, 2.75) is 44.7 Å². The molecule has 0 aliphatic rings. The van der Waals surface area contributed by atoms with Crippen LogP contribution >= 0.6 is 0 Å². The minimum Gasteiger partial charge on any atom is -0.361 e. The lowest BCUT2D eigenvalue weighted by molar-refractivity contribution is 0.380. The first kappa shape index (κ1) is 19.9. The van der Waals surface area contributed by atoms with Crippen molar-refractivity contribution in [3.8, 4) is 0 Å². The highest BCUT2D eigenvalue weighted by Gasteiger charge is 2.14. The summed E-state index contributed by atoms with van der Waals surface area (Å²) in [6.45, 7) is 5.02. The summed E-state index contributed by atoms with van der Waals surface area (Å²) in [5, 5.41) is 15.6. The van der Waals surface area contributed by atoms with Crippen molar-refractivity contribution in [3.05, 3.63) is 46.8 Å². The summed E-state index contributed by atoms with van der Waals surface area (Å²) in [5.41, 5.74) is 2.77.